The van der Waals surface area contributed by atoms with Gasteiger partial charge in [0.05, 0.1) is 10.3 Å². The molecule has 0 atom stereocenters. The molecule has 1 aromatic heterocycles. The normalized spacial score (nSPS) is 11.7. The first-order valence-corrected chi connectivity index (χ1v) is 10.3. The van der Waals surface area contributed by atoms with Crippen LogP contribution in [0, 0.1) is 6.92 Å². The van der Waals surface area contributed by atoms with E-state index in [9.17, 15) is 13.2 Å². The average molecular weight is 482 g/mol. The predicted octanol–water partition coefficient (Wildman–Crippen LogP) is 3.84. The van der Waals surface area contributed by atoms with Crippen LogP contribution in [0.5, 0.6) is 0 Å². The van der Waals surface area contributed by atoms with Crippen molar-refractivity contribution in [2.75, 3.05) is 18.9 Å². The number of carbonyl (C=O) groups excluding carboxylic acids is 1. The number of amides is 1. The molecule has 9 heteroatoms. The van der Waals surface area contributed by atoms with Gasteiger partial charge in [0.1, 0.15) is 4.21 Å². The summed E-state index contributed by atoms with van der Waals surface area (Å²) in [5.41, 5.74) is 1.54. The molecular formula is C14H14Br2N2O3S2. The Morgan fingerprint density at radius 3 is 2.52 bits per heavy atom. The average Bonchev–Trinajstić information content (AvgIpc) is 2.89. The van der Waals surface area contributed by atoms with Gasteiger partial charge in [0.25, 0.3) is 10.0 Å². The van der Waals surface area contributed by atoms with Gasteiger partial charge < -0.3 is 5.32 Å². The lowest BCUT2D eigenvalue weighted by molar-refractivity contribution is -0.116. The van der Waals surface area contributed by atoms with Crippen molar-refractivity contribution in [1.29, 1.82) is 0 Å². The number of likely N-dealkylation sites (N-methyl/N-ethyl adjacent to an activating group) is 1. The number of thiophene rings is 1. The Balaban J connectivity index is 2.07. The fourth-order valence-corrected chi connectivity index (χ4v) is 5.66. The van der Waals surface area contributed by atoms with Gasteiger partial charge in [-0.05, 0) is 58.7 Å². The summed E-state index contributed by atoms with van der Waals surface area (Å²) >= 11 is 7.70. The number of benzene rings is 1. The van der Waals surface area contributed by atoms with Crippen LogP contribution in [0.1, 0.15) is 5.56 Å². The van der Waals surface area contributed by atoms with Gasteiger partial charge in [0.15, 0.2) is 0 Å². The Labute approximate surface area is 156 Å². The lowest BCUT2D eigenvalue weighted by atomic mass is 10.2. The van der Waals surface area contributed by atoms with Crippen LogP contribution >= 0.6 is 43.2 Å². The van der Waals surface area contributed by atoms with Gasteiger partial charge in [0, 0.05) is 17.2 Å². The second-order valence-corrected chi connectivity index (χ2v) is 10.5. The van der Waals surface area contributed by atoms with Gasteiger partial charge in [-0.15, -0.1) is 11.3 Å². The number of aryl methyl sites for hydroxylation is 1. The van der Waals surface area contributed by atoms with Crippen LogP contribution in [-0.4, -0.2) is 32.2 Å². The highest BCUT2D eigenvalue weighted by atomic mass is 79.9. The fraction of sp³-hybridized carbons (Fsp3) is 0.214. The molecule has 0 radical (unpaired) electrons. The Hall–Kier alpha value is -0.740. The highest BCUT2D eigenvalue weighted by molar-refractivity contribution is 9.11. The predicted molar refractivity (Wildman–Crippen MR) is 99.3 cm³/mol. The Bertz CT molecular complexity index is 834. The van der Waals surface area contributed by atoms with Gasteiger partial charge >= 0.3 is 0 Å². The van der Waals surface area contributed by atoms with Crippen LogP contribution < -0.4 is 5.32 Å². The van der Waals surface area contributed by atoms with Gasteiger partial charge in [-0.3, -0.25) is 4.79 Å². The number of nitrogens with one attached hydrogen (secondary N) is 1. The number of carbonyl (C=O) groups is 1. The molecule has 124 valence electrons. The monoisotopic (exact) mass is 480 g/mol. The van der Waals surface area contributed by atoms with Crippen LogP contribution in [0.4, 0.5) is 5.69 Å². The highest BCUT2D eigenvalue weighted by Gasteiger charge is 2.24. The van der Waals surface area contributed by atoms with Crippen molar-refractivity contribution in [1.82, 2.24) is 4.31 Å². The molecular weight excluding hydrogens is 468 g/mol. The summed E-state index contributed by atoms with van der Waals surface area (Å²) in [5.74, 6) is -0.392. The summed E-state index contributed by atoms with van der Waals surface area (Å²) < 4.78 is 27.6. The minimum atomic E-state index is -3.67. The van der Waals surface area contributed by atoms with Gasteiger partial charge in [0.2, 0.25) is 5.91 Å². The molecule has 0 fully saturated rings. The van der Waals surface area contributed by atoms with Crippen molar-refractivity contribution in [2.45, 2.75) is 11.1 Å². The fourth-order valence-electron chi connectivity index (χ4n) is 1.83. The summed E-state index contributed by atoms with van der Waals surface area (Å²) in [7, 11) is -2.28. The molecule has 0 aliphatic rings. The van der Waals surface area contributed by atoms with Crippen molar-refractivity contribution in [3.05, 3.63) is 44.2 Å². The first-order valence-electron chi connectivity index (χ1n) is 6.48. The Morgan fingerprint density at radius 1 is 1.26 bits per heavy atom. The zero-order valence-corrected chi connectivity index (χ0v) is 17.1. The lowest BCUT2D eigenvalue weighted by Gasteiger charge is -2.16. The molecule has 0 saturated heterocycles. The Kier molecular flexibility index (Phi) is 6.01. The molecule has 1 N–H and O–H groups in total. The van der Waals surface area contributed by atoms with Crippen LogP contribution in [-0.2, 0) is 14.8 Å². The molecule has 0 aliphatic heterocycles. The summed E-state index contributed by atoms with van der Waals surface area (Å²) in [6, 6.07) is 8.63. The van der Waals surface area contributed by atoms with Crippen LogP contribution in [0.15, 0.2) is 42.8 Å². The third kappa shape index (κ3) is 4.63. The quantitative estimate of drug-likeness (QED) is 0.705. The summed E-state index contributed by atoms with van der Waals surface area (Å²) in [6.45, 7) is 1.61. The van der Waals surface area contributed by atoms with Crippen molar-refractivity contribution in [2.24, 2.45) is 0 Å². The third-order valence-corrected chi connectivity index (χ3v) is 7.43. The SMILES string of the molecule is Cc1cc(Br)ccc1NC(=O)CN(C)S(=O)(=O)c1ccc(Br)s1. The van der Waals surface area contributed by atoms with E-state index in [1.807, 2.05) is 19.1 Å². The van der Waals surface area contributed by atoms with Gasteiger partial charge in [-0.25, -0.2) is 8.42 Å². The van der Waals surface area contributed by atoms with Crippen LogP contribution in [0.3, 0.4) is 0 Å². The second-order valence-electron chi connectivity index (χ2n) is 4.83. The van der Waals surface area contributed by atoms with E-state index in [2.05, 4.69) is 37.2 Å². The molecule has 0 spiro atoms. The van der Waals surface area contributed by atoms with E-state index < -0.39 is 15.9 Å². The second kappa shape index (κ2) is 7.43. The highest BCUT2D eigenvalue weighted by Crippen LogP contribution is 2.28. The smallest absolute Gasteiger partial charge is 0.252 e. The molecule has 1 heterocycles. The van der Waals surface area contributed by atoms with Crippen molar-refractivity contribution >= 4 is 64.8 Å². The maximum absolute atomic E-state index is 12.4. The molecule has 23 heavy (non-hydrogen) atoms. The standard InChI is InChI=1S/C14H14Br2N2O3S2/c1-9-7-10(15)3-4-11(9)17-13(19)8-18(2)23(20,21)14-6-5-12(16)22-14/h3-7H,8H2,1-2H3,(H,17,19). The van der Waals surface area contributed by atoms with E-state index >= 15 is 0 Å². The molecule has 5 nitrogen and oxygen atoms in total. The van der Waals surface area contributed by atoms with Crippen LogP contribution in [0.2, 0.25) is 0 Å². The lowest BCUT2D eigenvalue weighted by Crippen LogP contribution is -2.34. The summed E-state index contributed by atoms with van der Waals surface area (Å²) in [4.78, 5) is 12.1. The third-order valence-electron chi connectivity index (χ3n) is 3.04. The molecule has 1 amide bonds. The minimum Gasteiger partial charge on any atom is -0.325 e. The zero-order valence-electron chi connectivity index (χ0n) is 12.3. The van der Waals surface area contributed by atoms with Gasteiger partial charge in [-0.1, -0.05) is 15.9 Å². The van der Waals surface area contributed by atoms with Crippen molar-refractivity contribution < 1.29 is 13.2 Å². The number of sulfonamides is 1. The summed E-state index contributed by atoms with van der Waals surface area (Å²) in [5, 5.41) is 2.73. The number of nitrogens with zero attached hydrogens (tertiary/aromatic N) is 1. The number of hydrogen-bond acceptors (Lipinski definition) is 4. The number of halogens is 2. The first-order chi connectivity index (χ1) is 10.7. The van der Waals surface area contributed by atoms with E-state index in [1.54, 1.807) is 12.1 Å². The van der Waals surface area contributed by atoms with E-state index in [4.69, 9.17) is 0 Å². The maximum Gasteiger partial charge on any atom is 0.252 e. The molecule has 1 aromatic carbocycles. The first kappa shape index (κ1) is 18.6. The number of rotatable bonds is 5. The van der Waals surface area contributed by atoms with Crippen molar-refractivity contribution in [3.8, 4) is 0 Å². The van der Waals surface area contributed by atoms with E-state index in [0.29, 0.717) is 5.69 Å². The van der Waals surface area contributed by atoms with Crippen molar-refractivity contribution in [3.63, 3.8) is 0 Å². The topological polar surface area (TPSA) is 66.5 Å². The molecule has 2 rings (SSSR count). The number of anilines is 1. The minimum absolute atomic E-state index is 0.194. The zero-order chi connectivity index (χ0) is 17.2. The molecule has 0 bridgehead atoms. The van der Waals surface area contributed by atoms with Gasteiger partial charge in [-0.2, -0.15) is 4.31 Å². The van der Waals surface area contributed by atoms with Crippen LogP contribution in [0.25, 0.3) is 0 Å². The molecule has 0 unspecified atom stereocenters. The molecule has 0 aliphatic carbocycles. The summed E-state index contributed by atoms with van der Waals surface area (Å²) in [6.07, 6.45) is 0. The number of hydrogen-bond donors (Lipinski definition) is 1. The Morgan fingerprint density at radius 2 is 1.96 bits per heavy atom. The van der Waals surface area contributed by atoms with E-state index in [1.165, 1.54) is 13.1 Å². The largest absolute Gasteiger partial charge is 0.325 e. The molecule has 0 saturated carbocycles. The maximum atomic E-state index is 12.4. The van der Waals surface area contributed by atoms with E-state index in [0.717, 1.165) is 29.5 Å². The molecule has 2 aromatic rings. The van der Waals surface area contributed by atoms with E-state index in [-0.39, 0.29) is 10.8 Å².